The van der Waals surface area contributed by atoms with E-state index in [0.29, 0.717) is 36.8 Å². The van der Waals surface area contributed by atoms with Crippen LogP contribution in [0.15, 0.2) is 34.9 Å². The second-order valence-electron chi connectivity index (χ2n) is 9.60. The van der Waals surface area contributed by atoms with Crippen molar-refractivity contribution in [2.75, 3.05) is 0 Å². The smallest absolute Gasteiger partial charge is 0.339 e. The van der Waals surface area contributed by atoms with Crippen LogP contribution in [0.25, 0.3) is 22.5 Å². The summed E-state index contributed by atoms with van der Waals surface area (Å²) in [6.07, 6.45) is -3.66. The van der Waals surface area contributed by atoms with Crippen LogP contribution in [0.1, 0.15) is 55.0 Å². The number of rotatable bonds is 7. The molecule has 11 heteroatoms. The third-order valence-corrected chi connectivity index (χ3v) is 7.37. The third kappa shape index (κ3) is 5.31. The lowest BCUT2D eigenvalue weighted by Gasteiger charge is -2.18. The van der Waals surface area contributed by atoms with Gasteiger partial charge in [0.05, 0.1) is 5.56 Å². The van der Waals surface area contributed by atoms with Crippen molar-refractivity contribution in [1.82, 2.24) is 10.1 Å². The second-order valence-corrected chi connectivity index (χ2v) is 10.0. The number of aryl methyl sites for hydroxylation is 2. The first kappa shape index (κ1) is 27.3. The van der Waals surface area contributed by atoms with E-state index in [9.17, 15) is 27.2 Å². The van der Waals surface area contributed by atoms with Crippen molar-refractivity contribution >= 4 is 36.7 Å². The molecule has 5 rings (SSSR count). The van der Waals surface area contributed by atoms with Gasteiger partial charge >= 0.3 is 6.18 Å². The molecule has 5 nitrogen and oxygen atoms in total. The van der Waals surface area contributed by atoms with E-state index in [1.807, 2.05) is 12.1 Å². The maximum absolute atomic E-state index is 14.9. The first-order valence-corrected chi connectivity index (χ1v) is 11.9. The van der Waals surface area contributed by atoms with Gasteiger partial charge in [-0.15, -0.1) is 0 Å². The Labute approximate surface area is 222 Å². The van der Waals surface area contributed by atoms with Gasteiger partial charge in [-0.2, -0.15) is 31.7 Å². The molecule has 1 atom stereocenters. The lowest BCUT2D eigenvalue weighted by Crippen LogP contribution is -2.29. The summed E-state index contributed by atoms with van der Waals surface area (Å²) >= 11 is 6.14. The first-order chi connectivity index (χ1) is 17.0. The van der Waals surface area contributed by atoms with Crippen molar-refractivity contribution in [3.63, 3.8) is 0 Å². The minimum absolute atomic E-state index is 0. The van der Waals surface area contributed by atoms with Crippen LogP contribution in [0.2, 0.25) is 5.02 Å². The molecule has 2 aliphatic rings. The van der Waals surface area contributed by atoms with Crippen LogP contribution in [-0.4, -0.2) is 27.9 Å². The molecule has 0 bridgehead atoms. The highest BCUT2D eigenvalue weighted by Crippen LogP contribution is 2.53. The van der Waals surface area contributed by atoms with Crippen LogP contribution in [0.4, 0.5) is 17.6 Å². The largest absolute Gasteiger partial charge is 0.450 e. The van der Waals surface area contributed by atoms with E-state index in [1.165, 1.54) is 6.07 Å². The molecule has 2 aromatic carbocycles. The Morgan fingerprint density at radius 3 is 2.54 bits per heavy atom. The number of Topliss-reactive ketones (excluding diaryl/α,β-unsaturated/α-hetero) is 2. The standard InChI is InChI=1S/C26H21ClF4N2O3.H2S/c1-13-32-24(33-36-13)23-19(10-17(27)11-20(23)28)15-4-5-18-14(8-15)2-3-16(18)9-21(34)25(6-7-25)12-22(35)26(29,30)31;/h4-5,8,10-11,16H,2-3,6-7,9,12H2,1H3;1H2/t16-;/m1./s1. The summed E-state index contributed by atoms with van der Waals surface area (Å²) in [6, 6.07) is 8.36. The normalized spacial score (nSPS) is 17.7. The Bertz CT molecular complexity index is 1380. The summed E-state index contributed by atoms with van der Waals surface area (Å²) in [6.45, 7) is 1.60. The van der Waals surface area contributed by atoms with Gasteiger partial charge in [-0.1, -0.05) is 35.0 Å². The summed E-state index contributed by atoms with van der Waals surface area (Å²) in [5.41, 5.74) is 2.07. The number of carbonyl (C=O) groups is 2. The number of hydrogen-bond donors (Lipinski definition) is 0. The van der Waals surface area contributed by atoms with Crippen molar-refractivity contribution in [3.8, 4) is 22.5 Å². The highest BCUT2D eigenvalue weighted by atomic mass is 35.5. The zero-order valence-corrected chi connectivity index (χ0v) is 21.5. The maximum atomic E-state index is 14.9. The minimum Gasteiger partial charge on any atom is -0.339 e. The predicted octanol–water partition coefficient (Wildman–Crippen LogP) is 6.91. The quantitative estimate of drug-likeness (QED) is 0.297. The number of fused-ring (bicyclic) bond motifs is 1. The summed E-state index contributed by atoms with van der Waals surface area (Å²) in [5.74, 6) is -2.47. The van der Waals surface area contributed by atoms with Gasteiger partial charge < -0.3 is 4.52 Å². The fraction of sp³-hybridized carbons (Fsp3) is 0.385. The lowest BCUT2D eigenvalue weighted by molar-refractivity contribution is -0.172. The van der Waals surface area contributed by atoms with E-state index in [2.05, 4.69) is 10.1 Å². The zero-order chi connectivity index (χ0) is 25.8. The topological polar surface area (TPSA) is 73.1 Å². The molecule has 37 heavy (non-hydrogen) atoms. The molecule has 2 aliphatic carbocycles. The van der Waals surface area contributed by atoms with Crippen LogP contribution >= 0.6 is 25.1 Å². The third-order valence-electron chi connectivity index (χ3n) is 7.15. The Morgan fingerprint density at radius 2 is 1.92 bits per heavy atom. The van der Waals surface area contributed by atoms with Crippen molar-refractivity contribution < 1.29 is 31.7 Å². The molecule has 0 unspecified atom stereocenters. The lowest BCUT2D eigenvalue weighted by atomic mass is 9.85. The highest BCUT2D eigenvalue weighted by molar-refractivity contribution is 7.59. The van der Waals surface area contributed by atoms with Gasteiger partial charge in [-0.05, 0) is 66.0 Å². The number of carbonyl (C=O) groups excluding carboxylic acids is 2. The number of benzene rings is 2. The minimum atomic E-state index is -4.93. The Morgan fingerprint density at radius 1 is 1.19 bits per heavy atom. The van der Waals surface area contributed by atoms with Crippen LogP contribution in [-0.2, 0) is 16.0 Å². The molecule has 0 saturated heterocycles. The fourth-order valence-corrected chi connectivity index (χ4v) is 5.27. The van der Waals surface area contributed by atoms with E-state index in [1.54, 1.807) is 19.1 Å². The molecular weight excluding hydrogens is 532 g/mol. The molecule has 0 aliphatic heterocycles. The molecule has 1 fully saturated rings. The molecule has 196 valence electrons. The second kappa shape index (κ2) is 9.87. The number of ketones is 2. The van der Waals surface area contributed by atoms with Crippen molar-refractivity contribution in [3.05, 3.63) is 58.2 Å². The molecule has 0 radical (unpaired) electrons. The van der Waals surface area contributed by atoms with E-state index in [0.717, 1.165) is 11.1 Å². The van der Waals surface area contributed by atoms with Crippen LogP contribution < -0.4 is 0 Å². The van der Waals surface area contributed by atoms with Crippen LogP contribution in [0, 0.1) is 18.2 Å². The number of halogens is 5. The fourth-order valence-electron chi connectivity index (χ4n) is 5.07. The Hall–Kier alpha value is -2.72. The zero-order valence-electron chi connectivity index (χ0n) is 19.7. The van der Waals surface area contributed by atoms with E-state index < -0.39 is 29.6 Å². The van der Waals surface area contributed by atoms with Gasteiger partial charge in [-0.25, -0.2) is 4.39 Å². The number of nitrogens with zero attached hydrogens (tertiary/aromatic N) is 2. The van der Waals surface area contributed by atoms with Gasteiger partial charge in [0.25, 0.3) is 0 Å². The average Bonchev–Trinajstić information content (AvgIpc) is 3.29. The van der Waals surface area contributed by atoms with Crippen molar-refractivity contribution in [1.29, 1.82) is 0 Å². The van der Waals surface area contributed by atoms with Crippen molar-refractivity contribution in [2.45, 2.75) is 57.5 Å². The monoisotopic (exact) mass is 554 g/mol. The van der Waals surface area contributed by atoms with Gasteiger partial charge in [0.2, 0.25) is 17.5 Å². The summed E-state index contributed by atoms with van der Waals surface area (Å²) in [5, 5.41) is 4.05. The summed E-state index contributed by atoms with van der Waals surface area (Å²) in [4.78, 5) is 28.6. The van der Waals surface area contributed by atoms with Gasteiger partial charge in [0.15, 0.2) is 0 Å². The molecule has 1 aromatic heterocycles. The average molecular weight is 555 g/mol. The molecule has 3 aromatic rings. The van der Waals surface area contributed by atoms with E-state index in [-0.39, 0.29) is 53.9 Å². The van der Waals surface area contributed by atoms with Crippen molar-refractivity contribution in [2.24, 2.45) is 5.41 Å². The number of hydrogen-bond acceptors (Lipinski definition) is 5. The Kier molecular flexibility index (Phi) is 7.29. The van der Waals surface area contributed by atoms with Gasteiger partial charge in [0.1, 0.15) is 11.6 Å². The molecule has 0 N–H and O–H groups in total. The van der Waals surface area contributed by atoms with Crippen LogP contribution in [0.5, 0.6) is 0 Å². The molecular formula is C26H23ClF4N2O3S. The maximum Gasteiger partial charge on any atom is 0.450 e. The van der Waals surface area contributed by atoms with Crippen LogP contribution in [0.3, 0.4) is 0 Å². The summed E-state index contributed by atoms with van der Waals surface area (Å²) in [7, 11) is 0. The SMILES string of the molecule is Cc1nc(-c2c(F)cc(Cl)cc2-c2ccc3c(c2)CC[C@@H]3CC(=O)C2(CC(=O)C(F)(F)F)CC2)no1.S. The van der Waals surface area contributed by atoms with E-state index >= 15 is 0 Å². The Balaban J connectivity index is 0.00000320. The number of alkyl halides is 3. The molecule has 1 heterocycles. The van der Waals surface area contributed by atoms with Gasteiger partial charge in [0, 0.05) is 30.2 Å². The first-order valence-electron chi connectivity index (χ1n) is 11.5. The molecule has 0 amide bonds. The molecule has 0 spiro atoms. The predicted molar refractivity (Wildman–Crippen MR) is 133 cm³/mol. The summed E-state index contributed by atoms with van der Waals surface area (Å²) < 4.78 is 58.1. The number of aromatic nitrogens is 2. The highest BCUT2D eigenvalue weighted by Gasteiger charge is 2.54. The van der Waals surface area contributed by atoms with E-state index in [4.69, 9.17) is 16.1 Å². The molecule has 1 saturated carbocycles. The van der Waals surface area contributed by atoms with Gasteiger partial charge in [-0.3, -0.25) is 9.59 Å².